The van der Waals surface area contributed by atoms with Gasteiger partial charge in [0.25, 0.3) is 0 Å². The Morgan fingerprint density at radius 2 is 2.00 bits per heavy atom. The number of rotatable bonds is 6. The summed E-state index contributed by atoms with van der Waals surface area (Å²) in [6.45, 7) is 0.231. The standard InChI is InChI=1S/C19H20N2O3/c1-23-15-7-8-18-16(10-15)14(11-21-18)9-17(20)19(22)24-12-13-5-3-2-4-6-13/h2-8,10-11,17,21H,9,12,20H2,1H3/t17-/m1/s1. The van der Waals surface area contributed by atoms with Crippen molar-refractivity contribution in [1.82, 2.24) is 4.98 Å². The number of benzene rings is 2. The zero-order chi connectivity index (χ0) is 16.9. The lowest BCUT2D eigenvalue weighted by molar-refractivity contribution is -0.146. The molecule has 0 fully saturated rings. The van der Waals surface area contributed by atoms with Crippen LogP contribution >= 0.6 is 0 Å². The van der Waals surface area contributed by atoms with Crippen LogP contribution in [0.4, 0.5) is 0 Å². The van der Waals surface area contributed by atoms with Crippen LogP contribution in [0, 0.1) is 0 Å². The number of carbonyl (C=O) groups is 1. The molecule has 0 saturated heterocycles. The van der Waals surface area contributed by atoms with Gasteiger partial charge in [-0.05, 0) is 29.3 Å². The number of nitrogens with two attached hydrogens (primary N) is 1. The molecule has 3 rings (SSSR count). The lowest BCUT2D eigenvalue weighted by Crippen LogP contribution is -2.34. The van der Waals surface area contributed by atoms with Crippen LogP contribution in [-0.4, -0.2) is 24.1 Å². The molecule has 5 heteroatoms. The summed E-state index contributed by atoms with van der Waals surface area (Å²) in [5, 5.41) is 1.00. The van der Waals surface area contributed by atoms with E-state index in [1.807, 2.05) is 54.7 Å². The smallest absolute Gasteiger partial charge is 0.323 e. The van der Waals surface area contributed by atoms with Crippen molar-refractivity contribution in [1.29, 1.82) is 0 Å². The summed E-state index contributed by atoms with van der Waals surface area (Å²) in [5.74, 6) is 0.361. The third-order valence-electron chi connectivity index (χ3n) is 3.94. The Balaban J connectivity index is 1.65. The first-order chi connectivity index (χ1) is 11.7. The average Bonchev–Trinajstić information content (AvgIpc) is 3.02. The van der Waals surface area contributed by atoms with Crippen LogP contribution in [0.3, 0.4) is 0 Å². The quantitative estimate of drug-likeness (QED) is 0.684. The number of fused-ring (bicyclic) bond motifs is 1. The van der Waals surface area contributed by atoms with Crippen molar-refractivity contribution in [3.8, 4) is 5.75 Å². The Bertz CT molecular complexity index is 827. The van der Waals surface area contributed by atoms with E-state index in [-0.39, 0.29) is 6.61 Å². The van der Waals surface area contributed by atoms with Gasteiger partial charge >= 0.3 is 5.97 Å². The highest BCUT2D eigenvalue weighted by atomic mass is 16.5. The Labute approximate surface area is 140 Å². The molecule has 0 amide bonds. The van der Waals surface area contributed by atoms with Gasteiger partial charge in [-0.15, -0.1) is 0 Å². The molecule has 5 nitrogen and oxygen atoms in total. The predicted octanol–water partition coefficient (Wildman–Crippen LogP) is 2.79. The molecule has 0 spiro atoms. The maximum Gasteiger partial charge on any atom is 0.323 e. The Morgan fingerprint density at radius 3 is 2.75 bits per heavy atom. The van der Waals surface area contributed by atoms with Crippen LogP contribution in [0.1, 0.15) is 11.1 Å². The number of hydrogen-bond donors (Lipinski definition) is 2. The molecule has 1 heterocycles. The minimum Gasteiger partial charge on any atom is -0.497 e. The first-order valence-corrected chi connectivity index (χ1v) is 7.77. The van der Waals surface area contributed by atoms with Crippen molar-refractivity contribution in [2.75, 3.05) is 7.11 Å². The highest BCUT2D eigenvalue weighted by molar-refractivity contribution is 5.85. The largest absolute Gasteiger partial charge is 0.497 e. The molecule has 124 valence electrons. The summed E-state index contributed by atoms with van der Waals surface area (Å²) in [6, 6.07) is 14.6. The van der Waals surface area contributed by atoms with E-state index in [9.17, 15) is 4.79 Å². The maximum atomic E-state index is 12.1. The molecule has 24 heavy (non-hydrogen) atoms. The van der Waals surface area contributed by atoms with Gasteiger partial charge in [0.15, 0.2) is 0 Å². The number of aromatic amines is 1. The molecule has 0 saturated carbocycles. The van der Waals surface area contributed by atoms with Gasteiger partial charge in [0.1, 0.15) is 18.4 Å². The van der Waals surface area contributed by atoms with E-state index in [4.69, 9.17) is 15.2 Å². The SMILES string of the molecule is COc1ccc2[nH]cc(C[C@@H](N)C(=O)OCc3ccccc3)c2c1. The Kier molecular flexibility index (Phi) is 4.82. The summed E-state index contributed by atoms with van der Waals surface area (Å²) < 4.78 is 10.5. The number of esters is 1. The molecule has 3 aromatic rings. The van der Waals surface area contributed by atoms with Gasteiger partial charge in [0.05, 0.1) is 7.11 Å². The fraction of sp³-hybridized carbons (Fsp3) is 0.211. The lowest BCUT2D eigenvalue weighted by Gasteiger charge is -2.11. The zero-order valence-electron chi connectivity index (χ0n) is 13.5. The number of methoxy groups -OCH3 is 1. The summed E-state index contributed by atoms with van der Waals surface area (Å²) in [7, 11) is 1.63. The molecular weight excluding hydrogens is 304 g/mol. The highest BCUT2D eigenvalue weighted by Gasteiger charge is 2.18. The molecule has 0 aliphatic carbocycles. The van der Waals surface area contributed by atoms with Gasteiger partial charge in [0, 0.05) is 23.5 Å². The number of hydrogen-bond acceptors (Lipinski definition) is 4. The second-order valence-electron chi connectivity index (χ2n) is 5.63. The Hall–Kier alpha value is -2.79. The van der Waals surface area contributed by atoms with Crippen molar-refractivity contribution in [2.24, 2.45) is 5.73 Å². The summed E-state index contributed by atoms with van der Waals surface area (Å²) in [4.78, 5) is 15.3. The van der Waals surface area contributed by atoms with Gasteiger partial charge in [-0.3, -0.25) is 4.79 Å². The lowest BCUT2D eigenvalue weighted by atomic mass is 10.1. The van der Waals surface area contributed by atoms with Gasteiger partial charge < -0.3 is 20.2 Å². The van der Waals surface area contributed by atoms with Crippen LogP contribution in [-0.2, 0) is 22.6 Å². The maximum absolute atomic E-state index is 12.1. The monoisotopic (exact) mass is 324 g/mol. The average molecular weight is 324 g/mol. The van der Waals surface area contributed by atoms with Crippen LogP contribution in [0.2, 0.25) is 0 Å². The number of ether oxygens (including phenoxy) is 2. The number of aromatic nitrogens is 1. The van der Waals surface area contributed by atoms with Gasteiger partial charge in [-0.2, -0.15) is 0 Å². The van der Waals surface area contributed by atoms with E-state index in [1.54, 1.807) is 7.11 Å². The number of H-pyrrole nitrogens is 1. The fourth-order valence-corrected chi connectivity index (χ4v) is 2.61. The van der Waals surface area contributed by atoms with Crippen LogP contribution in [0.5, 0.6) is 5.75 Å². The summed E-state index contributed by atoms with van der Waals surface area (Å²) in [5.41, 5.74) is 8.90. The van der Waals surface area contributed by atoms with E-state index < -0.39 is 12.0 Å². The van der Waals surface area contributed by atoms with Crippen LogP contribution < -0.4 is 10.5 Å². The van der Waals surface area contributed by atoms with Gasteiger partial charge in [-0.25, -0.2) is 0 Å². The molecule has 0 aliphatic rings. The first-order valence-electron chi connectivity index (χ1n) is 7.77. The summed E-state index contributed by atoms with van der Waals surface area (Å²) in [6.07, 6.45) is 2.27. The van der Waals surface area contributed by atoms with Crippen LogP contribution in [0.25, 0.3) is 10.9 Å². The van der Waals surface area contributed by atoms with Crippen LogP contribution in [0.15, 0.2) is 54.7 Å². The molecule has 0 aliphatic heterocycles. The third kappa shape index (κ3) is 3.58. The van der Waals surface area contributed by atoms with Crippen molar-refractivity contribution >= 4 is 16.9 Å². The van der Waals surface area contributed by atoms with E-state index in [2.05, 4.69) is 4.98 Å². The summed E-state index contributed by atoms with van der Waals surface area (Å²) >= 11 is 0. The minimum atomic E-state index is -0.709. The molecule has 3 N–H and O–H groups in total. The van der Waals surface area contributed by atoms with Crippen molar-refractivity contribution in [3.63, 3.8) is 0 Å². The highest BCUT2D eigenvalue weighted by Crippen LogP contribution is 2.24. The molecule has 2 aromatic carbocycles. The van der Waals surface area contributed by atoms with Gasteiger partial charge in [-0.1, -0.05) is 30.3 Å². The van der Waals surface area contributed by atoms with E-state index in [0.717, 1.165) is 27.8 Å². The van der Waals surface area contributed by atoms with E-state index in [0.29, 0.717) is 6.42 Å². The first kappa shape index (κ1) is 16.1. The van der Waals surface area contributed by atoms with Crippen molar-refractivity contribution < 1.29 is 14.3 Å². The second kappa shape index (κ2) is 7.19. The molecule has 1 atom stereocenters. The third-order valence-corrected chi connectivity index (χ3v) is 3.94. The minimum absolute atomic E-state index is 0.231. The van der Waals surface area contributed by atoms with Crippen molar-refractivity contribution in [2.45, 2.75) is 19.1 Å². The molecule has 0 radical (unpaired) electrons. The Morgan fingerprint density at radius 1 is 1.21 bits per heavy atom. The molecule has 0 bridgehead atoms. The molecule has 0 unspecified atom stereocenters. The van der Waals surface area contributed by atoms with E-state index >= 15 is 0 Å². The number of carbonyl (C=O) groups excluding carboxylic acids is 1. The van der Waals surface area contributed by atoms with Crippen molar-refractivity contribution in [3.05, 3.63) is 65.9 Å². The topological polar surface area (TPSA) is 77.3 Å². The molecular formula is C19H20N2O3. The fourth-order valence-electron chi connectivity index (χ4n) is 2.61. The number of nitrogens with one attached hydrogen (secondary N) is 1. The van der Waals surface area contributed by atoms with E-state index in [1.165, 1.54) is 0 Å². The normalized spacial score (nSPS) is 12.1. The zero-order valence-corrected chi connectivity index (χ0v) is 13.5. The molecule has 1 aromatic heterocycles. The predicted molar refractivity (Wildman–Crippen MR) is 92.8 cm³/mol. The van der Waals surface area contributed by atoms with Gasteiger partial charge in [0.2, 0.25) is 0 Å². The second-order valence-corrected chi connectivity index (χ2v) is 5.63.